The molecule has 1 aliphatic rings. The van der Waals surface area contributed by atoms with Gasteiger partial charge < -0.3 is 9.84 Å². The number of hydrogen-bond donors (Lipinski definition) is 1. The molecular formula is C34H25Br2Cl2NO4. The first kappa shape index (κ1) is 31.4. The van der Waals surface area contributed by atoms with Crippen LogP contribution in [-0.2, 0) is 15.1 Å². The van der Waals surface area contributed by atoms with Gasteiger partial charge in [0.1, 0.15) is 5.60 Å². The summed E-state index contributed by atoms with van der Waals surface area (Å²) in [6.07, 6.45) is -0.137. The van der Waals surface area contributed by atoms with Gasteiger partial charge in [-0.2, -0.15) is 5.26 Å². The molecule has 5 atom stereocenters. The van der Waals surface area contributed by atoms with Crippen LogP contribution in [0.1, 0.15) is 45.3 Å². The number of esters is 1. The van der Waals surface area contributed by atoms with Crippen LogP contribution < -0.4 is 0 Å². The molecule has 0 heterocycles. The fraction of sp³-hybridized carbons (Fsp3) is 0.206. The number of ketones is 1. The summed E-state index contributed by atoms with van der Waals surface area (Å²) >= 11 is 19.4. The molecule has 218 valence electrons. The molecule has 0 bridgehead atoms. The van der Waals surface area contributed by atoms with Crippen molar-refractivity contribution in [2.75, 3.05) is 7.11 Å². The third kappa shape index (κ3) is 5.68. The molecule has 5 nitrogen and oxygen atoms in total. The van der Waals surface area contributed by atoms with Crippen molar-refractivity contribution < 1.29 is 19.4 Å². The number of Topliss-reactive ketones (excluding diaryl/α,β-unsaturated/α-hetero) is 1. The van der Waals surface area contributed by atoms with E-state index in [9.17, 15) is 20.0 Å². The van der Waals surface area contributed by atoms with Gasteiger partial charge in [-0.05, 0) is 83.8 Å². The smallest absolute Gasteiger partial charge is 0.327 e. The van der Waals surface area contributed by atoms with Gasteiger partial charge in [0.15, 0.2) is 11.2 Å². The van der Waals surface area contributed by atoms with Crippen molar-refractivity contribution in [2.45, 2.75) is 23.9 Å². The van der Waals surface area contributed by atoms with Crippen molar-refractivity contribution in [3.05, 3.63) is 138 Å². The summed E-state index contributed by atoms with van der Waals surface area (Å²) < 4.78 is 6.79. The Hall–Kier alpha value is -2.99. The highest BCUT2D eigenvalue weighted by Crippen LogP contribution is 2.64. The van der Waals surface area contributed by atoms with E-state index in [0.29, 0.717) is 31.2 Å². The van der Waals surface area contributed by atoms with E-state index < -0.39 is 40.5 Å². The summed E-state index contributed by atoms with van der Waals surface area (Å²) in [6.45, 7) is 0. The summed E-state index contributed by atoms with van der Waals surface area (Å²) in [5.41, 5.74) is -1.91. The number of nitrogens with zero attached hydrogens (tertiary/aromatic N) is 1. The Morgan fingerprint density at radius 1 is 0.884 bits per heavy atom. The Balaban J connectivity index is 1.91. The Labute approximate surface area is 276 Å². The van der Waals surface area contributed by atoms with Gasteiger partial charge in [0, 0.05) is 36.4 Å². The highest BCUT2D eigenvalue weighted by atomic mass is 79.9. The molecule has 0 saturated heterocycles. The molecule has 5 unspecified atom stereocenters. The number of hydrogen-bond acceptors (Lipinski definition) is 5. The summed E-state index contributed by atoms with van der Waals surface area (Å²) in [4.78, 5) is 28.8. The normalized spacial score (nSPS) is 25.0. The van der Waals surface area contributed by atoms with Crippen LogP contribution in [0.3, 0.4) is 0 Å². The molecule has 1 fully saturated rings. The van der Waals surface area contributed by atoms with Crippen LogP contribution in [0.15, 0.2) is 106 Å². The van der Waals surface area contributed by atoms with Gasteiger partial charge in [-0.25, -0.2) is 0 Å². The molecule has 1 saturated carbocycles. The molecule has 0 aromatic heterocycles. The van der Waals surface area contributed by atoms with E-state index in [2.05, 4.69) is 37.9 Å². The molecule has 43 heavy (non-hydrogen) atoms. The van der Waals surface area contributed by atoms with E-state index in [-0.39, 0.29) is 12.0 Å². The molecule has 5 rings (SSSR count). The zero-order valence-electron chi connectivity index (χ0n) is 22.8. The second-order valence-corrected chi connectivity index (χ2v) is 13.3. The molecule has 1 aliphatic carbocycles. The Bertz CT molecular complexity index is 1720. The highest BCUT2D eigenvalue weighted by molar-refractivity contribution is 9.10. The van der Waals surface area contributed by atoms with Crippen LogP contribution in [0.4, 0.5) is 0 Å². The van der Waals surface area contributed by atoms with Crippen LogP contribution in [-0.4, -0.2) is 24.0 Å². The Morgan fingerprint density at radius 2 is 1.42 bits per heavy atom. The van der Waals surface area contributed by atoms with Gasteiger partial charge in [0.25, 0.3) is 0 Å². The molecule has 0 aliphatic heterocycles. The zero-order valence-corrected chi connectivity index (χ0v) is 27.5. The fourth-order valence-corrected chi connectivity index (χ4v) is 7.53. The number of aliphatic hydroxyl groups is 1. The van der Waals surface area contributed by atoms with Gasteiger partial charge >= 0.3 is 5.97 Å². The predicted molar refractivity (Wildman–Crippen MR) is 173 cm³/mol. The number of carbonyl (C=O) groups excluding carboxylic acids is 2. The van der Waals surface area contributed by atoms with Gasteiger partial charge in [0.2, 0.25) is 0 Å². The summed E-state index contributed by atoms with van der Waals surface area (Å²) in [7, 11) is 1.23. The van der Waals surface area contributed by atoms with E-state index in [1.165, 1.54) is 7.11 Å². The maximum atomic E-state index is 14.7. The number of carbonyl (C=O) groups is 2. The largest absolute Gasteiger partial charge is 0.468 e. The molecule has 4 aromatic carbocycles. The molecule has 4 aromatic rings. The van der Waals surface area contributed by atoms with Crippen molar-refractivity contribution in [1.29, 1.82) is 5.26 Å². The van der Waals surface area contributed by atoms with Crippen LogP contribution in [0.5, 0.6) is 0 Å². The van der Waals surface area contributed by atoms with E-state index >= 15 is 0 Å². The van der Waals surface area contributed by atoms with Crippen molar-refractivity contribution in [1.82, 2.24) is 0 Å². The second-order valence-electron chi connectivity index (χ2n) is 10.6. The number of benzene rings is 4. The third-order valence-electron chi connectivity index (χ3n) is 8.33. The third-order valence-corrected chi connectivity index (χ3v) is 9.82. The molecular weight excluding hydrogens is 717 g/mol. The highest BCUT2D eigenvalue weighted by Gasteiger charge is 2.67. The van der Waals surface area contributed by atoms with Gasteiger partial charge in [0.05, 0.1) is 19.1 Å². The lowest BCUT2D eigenvalue weighted by Crippen LogP contribution is -2.59. The van der Waals surface area contributed by atoms with Crippen molar-refractivity contribution in [3.8, 4) is 6.07 Å². The Kier molecular flexibility index (Phi) is 9.18. The minimum absolute atomic E-state index is 0.137. The quantitative estimate of drug-likeness (QED) is 0.158. The molecule has 0 amide bonds. The molecule has 1 N–H and O–H groups in total. The first-order valence-corrected chi connectivity index (χ1v) is 15.7. The van der Waals surface area contributed by atoms with Gasteiger partial charge in [-0.3, -0.25) is 9.59 Å². The van der Waals surface area contributed by atoms with Crippen LogP contribution >= 0.6 is 55.1 Å². The fourth-order valence-electron chi connectivity index (χ4n) is 6.44. The van der Waals surface area contributed by atoms with Crippen LogP contribution in [0, 0.1) is 22.7 Å². The topological polar surface area (TPSA) is 87.4 Å². The first-order chi connectivity index (χ1) is 20.5. The lowest BCUT2D eigenvalue weighted by Gasteiger charge is -2.54. The lowest BCUT2D eigenvalue weighted by atomic mass is 9.47. The molecule has 9 heteroatoms. The number of nitriles is 1. The monoisotopic (exact) mass is 739 g/mol. The lowest BCUT2D eigenvalue weighted by molar-refractivity contribution is -0.162. The van der Waals surface area contributed by atoms with Crippen LogP contribution in [0.25, 0.3) is 0 Å². The first-order valence-electron chi connectivity index (χ1n) is 13.3. The molecule has 0 radical (unpaired) electrons. The average molecular weight is 742 g/mol. The SMILES string of the molecule is COC(=O)C1(C#N)C(c2cccc(Br)c2)CC(O)(c2ccc(Cl)cc2)C(C(=O)c2ccc(Cl)cc2)C1c1cccc(Br)c1. The van der Waals surface area contributed by atoms with E-state index in [1.807, 2.05) is 24.3 Å². The summed E-state index contributed by atoms with van der Waals surface area (Å²) in [6, 6.07) is 29.7. The van der Waals surface area contributed by atoms with E-state index in [1.54, 1.807) is 72.8 Å². The summed E-state index contributed by atoms with van der Waals surface area (Å²) in [5.74, 6) is -4.58. The predicted octanol–water partition coefficient (Wildman–Crippen LogP) is 8.86. The standard InChI is InChI=1S/C34H25Br2Cl2NO4/c1-43-32(41)33(19-39)28(21-4-2-6-24(35)16-21)18-34(42,23-10-14-27(38)15-11-23)30(29(33)22-5-3-7-25(36)17-22)31(40)20-8-12-26(37)13-9-20/h2-17,28-30,42H,18H2,1H3. The van der Waals surface area contributed by atoms with Gasteiger partial charge in [-0.15, -0.1) is 0 Å². The number of rotatable bonds is 6. The van der Waals surface area contributed by atoms with E-state index in [4.69, 9.17) is 27.9 Å². The average Bonchev–Trinajstić information content (AvgIpc) is 3.00. The minimum Gasteiger partial charge on any atom is -0.468 e. The number of methoxy groups -OCH3 is 1. The Morgan fingerprint density at radius 3 is 1.95 bits per heavy atom. The number of halogens is 4. The number of ether oxygens (including phenoxy) is 1. The minimum atomic E-state index is -1.91. The van der Waals surface area contributed by atoms with E-state index in [0.717, 1.165) is 4.47 Å². The van der Waals surface area contributed by atoms with Crippen molar-refractivity contribution in [2.24, 2.45) is 11.3 Å². The zero-order chi connectivity index (χ0) is 30.9. The van der Waals surface area contributed by atoms with Crippen LogP contribution in [0.2, 0.25) is 10.0 Å². The van der Waals surface area contributed by atoms with Crippen molar-refractivity contribution >= 4 is 66.8 Å². The maximum Gasteiger partial charge on any atom is 0.327 e. The van der Waals surface area contributed by atoms with Gasteiger partial charge in [-0.1, -0.05) is 91.5 Å². The molecule has 0 spiro atoms. The maximum absolute atomic E-state index is 14.7. The van der Waals surface area contributed by atoms with Crippen molar-refractivity contribution in [3.63, 3.8) is 0 Å². The summed E-state index contributed by atoms with van der Waals surface area (Å²) in [5, 5.41) is 25.0. The second kappa shape index (κ2) is 12.6.